The number of carbonyl (C=O) groups is 2. The molecule has 0 aromatic carbocycles. The zero-order valence-corrected chi connectivity index (χ0v) is 13.1. The van der Waals surface area contributed by atoms with Gasteiger partial charge in [-0.15, -0.1) is 0 Å². The molecule has 6 heteroatoms. The van der Waals surface area contributed by atoms with Gasteiger partial charge >= 0.3 is 11.8 Å². The predicted molar refractivity (Wildman–Crippen MR) is 86.3 cm³/mol. The quantitative estimate of drug-likeness (QED) is 0.813. The van der Waals surface area contributed by atoms with Crippen LogP contribution in [0.1, 0.15) is 18.2 Å². The normalized spacial score (nSPS) is 10.1. The molecule has 0 unspecified atom stereocenters. The molecule has 0 saturated heterocycles. The van der Waals surface area contributed by atoms with Crippen molar-refractivity contribution in [3.8, 4) is 0 Å². The van der Waals surface area contributed by atoms with Gasteiger partial charge in [0.1, 0.15) is 0 Å². The standard InChI is InChI=1S/C17H20N4O2/c1-2-21(12-8-14-6-10-18-11-7-14)17(23)16(22)20-13-15-5-3-4-9-19-15/h3-7,9-11H,2,8,12-13H2,1H3,(H,20,22). The third kappa shape index (κ3) is 5.18. The minimum Gasteiger partial charge on any atom is -0.342 e. The molecule has 0 spiro atoms. The van der Waals surface area contributed by atoms with E-state index in [0.29, 0.717) is 25.2 Å². The molecule has 2 aromatic heterocycles. The highest BCUT2D eigenvalue weighted by Crippen LogP contribution is 2.01. The first kappa shape index (κ1) is 16.6. The molecule has 2 rings (SSSR count). The first-order chi connectivity index (χ1) is 11.2. The Morgan fingerprint density at radius 1 is 1.13 bits per heavy atom. The van der Waals surface area contributed by atoms with Crippen molar-refractivity contribution < 1.29 is 9.59 Å². The Hall–Kier alpha value is -2.76. The lowest BCUT2D eigenvalue weighted by Crippen LogP contribution is -2.43. The molecule has 2 heterocycles. The van der Waals surface area contributed by atoms with Gasteiger partial charge in [-0.25, -0.2) is 0 Å². The molecular formula is C17H20N4O2. The average Bonchev–Trinajstić information content (AvgIpc) is 2.61. The SMILES string of the molecule is CCN(CCc1ccncc1)C(=O)C(=O)NCc1ccccn1. The first-order valence-corrected chi connectivity index (χ1v) is 7.56. The highest BCUT2D eigenvalue weighted by atomic mass is 16.2. The molecule has 2 aromatic rings. The van der Waals surface area contributed by atoms with E-state index in [-0.39, 0.29) is 6.54 Å². The van der Waals surface area contributed by atoms with Gasteiger partial charge in [-0.2, -0.15) is 0 Å². The maximum Gasteiger partial charge on any atom is 0.311 e. The van der Waals surface area contributed by atoms with Crippen LogP contribution in [0.5, 0.6) is 0 Å². The minimum absolute atomic E-state index is 0.243. The maximum atomic E-state index is 12.2. The molecule has 23 heavy (non-hydrogen) atoms. The van der Waals surface area contributed by atoms with Crippen LogP contribution in [0.4, 0.5) is 0 Å². The smallest absolute Gasteiger partial charge is 0.311 e. The fourth-order valence-electron chi connectivity index (χ4n) is 2.11. The van der Waals surface area contributed by atoms with Crippen LogP contribution in [0.3, 0.4) is 0 Å². The molecular weight excluding hydrogens is 292 g/mol. The molecule has 0 saturated carbocycles. The van der Waals surface area contributed by atoms with Crippen molar-refractivity contribution in [2.75, 3.05) is 13.1 Å². The van der Waals surface area contributed by atoms with Crippen LogP contribution in [0.15, 0.2) is 48.9 Å². The van der Waals surface area contributed by atoms with Crippen molar-refractivity contribution in [2.45, 2.75) is 19.9 Å². The summed E-state index contributed by atoms with van der Waals surface area (Å²) in [5.41, 5.74) is 1.80. The van der Waals surface area contributed by atoms with Crippen LogP contribution in [0, 0.1) is 0 Å². The lowest BCUT2D eigenvalue weighted by Gasteiger charge is -2.20. The molecule has 2 amide bonds. The summed E-state index contributed by atoms with van der Waals surface area (Å²) in [6.07, 6.45) is 5.77. The van der Waals surface area contributed by atoms with Crippen molar-refractivity contribution in [1.82, 2.24) is 20.2 Å². The van der Waals surface area contributed by atoms with Crippen LogP contribution in [0.25, 0.3) is 0 Å². The minimum atomic E-state index is -0.604. The van der Waals surface area contributed by atoms with Gasteiger partial charge < -0.3 is 10.2 Å². The van der Waals surface area contributed by atoms with Crippen LogP contribution >= 0.6 is 0 Å². The number of nitrogens with zero attached hydrogens (tertiary/aromatic N) is 3. The fourth-order valence-corrected chi connectivity index (χ4v) is 2.11. The zero-order chi connectivity index (χ0) is 16.5. The van der Waals surface area contributed by atoms with E-state index in [1.807, 2.05) is 25.1 Å². The summed E-state index contributed by atoms with van der Waals surface area (Å²) >= 11 is 0. The van der Waals surface area contributed by atoms with Gasteiger partial charge in [0.2, 0.25) is 0 Å². The Balaban J connectivity index is 1.84. The van der Waals surface area contributed by atoms with Gasteiger partial charge in [0.25, 0.3) is 0 Å². The van der Waals surface area contributed by atoms with E-state index >= 15 is 0 Å². The number of hydrogen-bond donors (Lipinski definition) is 1. The number of pyridine rings is 2. The Kier molecular flexibility index (Phi) is 6.23. The van der Waals surface area contributed by atoms with Crippen molar-refractivity contribution in [2.24, 2.45) is 0 Å². The molecule has 0 aliphatic carbocycles. The lowest BCUT2D eigenvalue weighted by molar-refractivity contribution is -0.145. The van der Waals surface area contributed by atoms with Gasteiger partial charge in [-0.05, 0) is 43.2 Å². The summed E-state index contributed by atoms with van der Waals surface area (Å²) in [6.45, 7) is 3.08. The number of carbonyl (C=O) groups excluding carboxylic acids is 2. The second-order valence-electron chi connectivity index (χ2n) is 4.99. The van der Waals surface area contributed by atoms with Crippen molar-refractivity contribution in [3.05, 3.63) is 60.2 Å². The Morgan fingerprint density at radius 3 is 2.57 bits per heavy atom. The molecule has 0 atom stereocenters. The maximum absolute atomic E-state index is 12.2. The van der Waals surface area contributed by atoms with E-state index in [1.165, 1.54) is 4.90 Å². The summed E-state index contributed by atoms with van der Waals surface area (Å²) in [5.74, 6) is -1.12. The Labute approximate surface area is 135 Å². The predicted octanol–water partition coefficient (Wildman–Crippen LogP) is 1.18. The molecule has 120 valence electrons. The third-order valence-electron chi connectivity index (χ3n) is 3.44. The number of nitrogens with one attached hydrogen (secondary N) is 1. The van der Waals surface area contributed by atoms with Crippen LogP contribution in [0.2, 0.25) is 0 Å². The molecule has 0 fully saturated rings. The van der Waals surface area contributed by atoms with Crippen LogP contribution < -0.4 is 5.32 Å². The second-order valence-corrected chi connectivity index (χ2v) is 4.99. The van der Waals surface area contributed by atoms with Crippen LogP contribution in [-0.4, -0.2) is 39.8 Å². The number of hydrogen-bond acceptors (Lipinski definition) is 4. The van der Waals surface area contributed by atoms with Gasteiger partial charge in [-0.1, -0.05) is 6.07 Å². The van der Waals surface area contributed by atoms with Gasteiger partial charge in [0, 0.05) is 31.7 Å². The summed E-state index contributed by atoms with van der Waals surface area (Å²) in [7, 11) is 0. The third-order valence-corrected chi connectivity index (χ3v) is 3.44. The number of amides is 2. The molecule has 0 aliphatic heterocycles. The summed E-state index contributed by atoms with van der Waals surface area (Å²) < 4.78 is 0. The molecule has 6 nitrogen and oxygen atoms in total. The highest BCUT2D eigenvalue weighted by Gasteiger charge is 2.20. The largest absolute Gasteiger partial charge is 0.342 e. The van der Waals surface area contributed by atoms with Gasteiger partial charge in [0.15, 0.2) is 0 Å². The highest BCUT2D eigenvalue weighted by molar-refractivity contribution is 6.34. The molecule has 0 aliphatic rings. The zero-order valence-electron chi connectivity index (χ0n) is 13.1. The fraction of sp³-hybridized carbons (Fsp3) is 0.294. The van der Waals surface area contributed by atoms with Crippen LogP contribution in [-0.2, 0) is 22.6 Å². The lowest BCUT2D eigenvalue weighted by atomic mass is 10.2. The Morgan fingerprint density at radius 2 is 1.91 bits per heavy atom. The number of aromatic nitrogens is 2. The van der Waals surface area contributed by atoms with Crippen molar-refractivity contribution in [3.63, 3.8) is 0 Å². The Bertz CT molecular complexity index is 632. The topological polar surface area (TPSA) is 75.2 Å². The molecule has 0 radical (unpaired) electrons. The molecule has 0 bridgehead atoms. The van der Waals surface area contributed by atoms with Gasteiger partial charge in [0.05, 0.1) is 12.2 Å². The van der Waals surface area contributed by atoms with E-state index in [1.54, 1.807) is 30.7 Å². The van der Waals surface area contributed by atoms with E-state index in [9.17, 15) is 9.59 Å². The van der Waals surface area contributed by atoms with E-state index in [0.717, 1.165) is 5.56 Å². The van der Waals surface area contributed by atoms with Gasteiger partial charge in [-0.3, -0.25) is 19.6 Å². The first-order valence-electron chi connectivity index (χ1n) is 7.56. The average molecular weight is 312 g/mol. The van der Waals surface area contributed by atoms with E-state index < -0.39 is 11.8 Å². The second kappa shape index (κ2) is 8.63. The summed E-state index contributed by atoms with van der Waals surface area (Å²) in [6, 6.07) is 9.24. The monoisotopic (exact) mass is 312 g/mol. The summed E-state index contributed by atoms with van der Waals surface area (Å²) in [4.78, 5) is 33.8. The van der Waals surface area contributed by atoms with E-state index in [4.69, 9.17) is 0 Å². The molecule has 1 N–H and O–H groups in total. The summed E-state index contributed by atoms with van der Waals surface area (Å²) in [5, 5.41) is 2.61. The van der Waals surface area contributed by atoms with Crippen molar-refractivity contribution >= 4 is 11.8 Å². The van der Waals surface area contributed by atoms with E-state index in [2.05, 4.69) is 15.3 Å². The number of rotatable bonds is 6. The van der Waals surface area contributed by atoms with Crippen molar-refractivity contribution in [1.29, 1.82) is 0 Å². The number of likely N-dealkylation sites (N-methyl/N-ethyl adjacent to an activating group) is 1.